The van der Waals surface area contributed by atoms with Crippen LogP contribution in [0.2, 0.25) is 0 Å². The average molecular weight is 290 g/mol. The summed E-state index contributed by atoms with van der Waals surface area (Å²) in [7, 11) is 1.47. The van der Waals surface area contributed by atoms with Gasteiger partial charge in [-0.15, -0.1) is 0 Å². The molecule has 2 unspecified atom stereocenters. The van der Waals surface area contributed by atoms with E-state index in [9.17, 15) is 4.79 Å². The summed E-state index contributed by atoms with van der Waals surface area (Å²) < 4.78 is 10.5. The lowest BCUT2D eigenvalue weighted by atomic mass is 9.96. The Labute approximate surface area is 127 Å². The number of rotatable bonds is 7. The summed E-state index contributed by atoms with van der Waals surface area (Å²) >= 11 is 0. The van der Waals surface area contributed by atoms with E-state index in [0.29, 0.717) is 5.92 Å². The third kappa shape index (κ3) is 3.99. The summed E-state index contributed by atoms with van der Waals surface area (Å²) in [5.41, 5.74) is 3.97. The second-order valence-electron chi connectivity index (χ2n) is 6.05. The fraction of sp³-hybridized carbons (Fsp3) is 0.611. The van der Waals surface area contributed by atoms with Crippen molar-refractivity contribution in [2.75, 3.05) is 13.7 Å². The summed E-state index contributed by atoms with van der Waals surface area (Å²) in [6, 6.07) is 4.26. The predicted octanol–water partition coefficient (Wildman–Crippen LogP) is 3.83. The van der Waals surface area contributed by atoms with Crippen molar-refractivity contribution in [3.8, 4) is 5.75 Å². The van der Waals surface area contributed by atoms with E-state index in [-0.39, 0.29) is 11.9 Å². The van der Waals surface area contributed by atoms with Gasteiger partial charge < -0.3 is 9.47 Å². The quantitative estimate of drug-likeness (QED) is 0.716. The fourth-order valence-electron chi connectivity index (χ4n) is 2.99. The molecular formula is C18H26O3. The highest BCUT2D eigenvalue weighted by molar-refractivity contribution is 5.75. The minimum absolute atomic E-state index is 0.0447. The Hall–Kier alpha value is -1.51. The van der Waals surface area contributed by atoms with Crippen molar-refractivity contribution < 1.29 is 14.3 Å². The molecule has 0 aromatic heterocycles. The zero-order valence-electron chi connectivity index (χ0n) is 13.6. The van der Waals surface area contributed by atoms with Crippen LogP contribution in [0.3, 0.4) is 0 Å². The Bertz CT molecular complexity index is 484. The molecule has 0 saturated heterocycles. The molecule has 1 aliphatic carbocycles. The van der Waals surface area contributed by atoms with Crippen LogP contribution >= 0.6 is 0 Å². The Morgan fingerprint density at radius 3 is 2.52 bits per heavy atom. The second kappa shape index (κ2) is 6.97. The van der Waals surface area contributed by atoms with E-state index in [1.165, 1.54) is 23.8 Å². The van der Waals surface area contributed by atoms with Gasteiger partial charge in [0.2, 0.25) is 0 Å². The standard InChI is InChI=1S/C18H26O3/c1-5-8-21-15-9-12(2)16(13(3)10-15)7-6-14-11-17(14)18(19)20-4/h9-10,14,17H,5-8,11H2,1-4H3. The highest BCUT2D eigenvalue weighted by Gasteiger charge is 2.43. The van der Waals surface area contributed by atoms with Crippen LogP contribution in [0.15, 0.2) is 12.1 Å². The monoisotopic (exact) mass is 290 g/mol. The number of hydrogen-bond acceptors (Lipinski definition) is 3. The van der Waals surface area contributed by atoms with Gasteiger partial charge >= 0.3 is 5.97 Å². The first-order valence-corrected chi connectivity index (χ1v) is 7.87. The Balaban J connectivity index is 1.93. The predicted molar refractivity (Wildman–Crippen MR) is 83.6 cm³/mol. The third-order valence-electron chi connectivity index (χ3n) is 4.33. The minimum atomic E-state index is -0.0447. The van der Waals surface area contributed by atoms with Gasteiger partial charge in [0.05, 0.1) is 19.6 Å². The molecule has 0 bridgehead atoms. The van der Waals surface area contributed by atoms with Crippen LogP contribution in [0.1, 0.15) is 42.9 Å². The van der Waals surface area contributed by atoms with Gasteiger partial charge in [0.15, 0.2) is 0 Å². The first-order chi connectivity index (χ1) is 10.1. The Kier molecular flexibility index (Phi) is 5.27. The van der Waals surface area contributed by atoms with Gasteiger partial charge in [-0.25, -0.2) is 0 Å². The van der Waals surface area contributed by atoms with E-state index >= 15 is 0 Å². The number of ether oxygens (including phenoxy) is 2. The van der Waals surface area contributed by atoms with E-state index in [0.717, 1.165) is 38.0 Å². The summed E-state index contributed by atoms with van der Waals surface area (Å²) in [5.74, 6) is 1.57. The first kappa shape index (κ1) is 15.9. The van der Waals surface area contributed by atoms with Crippen molar-refractivity contribution in [1.29, 1.82) is 0 Å². The van der Waals surface area contributed by atoms with Crippen molar-refractivity contribution >= 4 is 5.97 Å². The van der Waals surface area contributed by atoms with Gasteiger partial charge in [-0.05, 0) is 74.3 Å². The lowest BCUT2D eigenvalue weighted by Crippen LogP contribution is -2.05. The molecule has 3 nitrogen and oxygen atoms in total. The van der Waals surface area contributed by atoms with Crippen molar-refractivity contribution in [2.24, 2.45) is 11.8 Å². The lowest BCUT2D eigenvalue weighted by molar-refractivity contribution is -0.142. The van der Waals surface area contributed by atoms with Crippen LogP contribution in [0.5, 0.6) is 5.75 Å². The van der Waals surface area contributed by atoms with Gasteiger partial charge in [0, 0.05) is 0 Å². The molecular weight excluding hydrogens is 264 g/mol. The van der Waals surface area contributed by atoms with Crippen LogP contribution < -0.4 is 4.74 Å². The van der Waals surface area contributed by atoms with E-state index < -0.39 is 0 Å². The molecule has 0 radical (unpaired) electrons. The van der Waals surface area contributed by atoms with E-state index in [1.54, 1.807) is 0 Å². The minimum Gasteiger partial charge on any atom is -0.494 e. The SMILES string of the molecule is CCCOc1cc(C)c(CCC2CC2C(=O)OC)c(C)c1. The van der Waals surface area contributed by atoms with Crippen LogP contribution in [-0.4, -0.2) is 19.7 Å². The molecule has 3 heteroatoms. The molecule has 1 aliphatic rings. The van der Waals surface area contributed by atoms with E-state index in [4.69, 9.17) is 9.47 Å². The number of aryl methyl sites for hydroxylation is 2. The average Bonchev–Trinajstić information content (AvgIpc) is 3.23. The van der Waals surface area contributed by atoms with Crippen LogP contribution in [0.4, 0.5) is 0 Å². The van der Waals surface area contributed by atoms with Gasteiger partial charge in [0.1, 0.15) is 5.75 Å². The van der Waals surface area contributed by atoms with Gasteiger partial charge in [0.25, 0.3) is 0 Å². The fourth-order valence-corrected chi connectivity index (χ4v) is 2.99. The zero-order valence-corrected chi connectivity index (χ0v) is 13.6. The van der Waals surface area contributed by atoms with Crippen molar-refractivity contribution in [1.82, 2.24) is 0 Å². The molecule has 2 atom stereocenters. The smallest absolute Gasteiger partial charge is 0.308 e. The number of benzene rings is 1. The Morgan fingerprint density at radius 2 is 1.95 bits per heavy atom. The molecule has 0 heterocycles. The van der Waals surface area contributed by atoms with Gasteiger partial charge in [-0.3, -0.25) is 4.79 Å². The molecule has 1 fully saturated rings. The molecule has 0 N–H and O–H groups in total. The van der Waals surface area contributed by atoms with Crippen molar-refractivity contribution in [3.05, 3.63) is 28.8 Å². The van der Waals surface area contributed by atoms with Crippen molar-refractivity contribution in [2.45, 2.75) is 46.5 Å². The maximum absolute atomic E-state index is 11.4. The third-order valence-corrected chi connectivity index (χ3v) is 4.33. The molecule has 1 aromatic rings. The largest absolute Gasteiger partial charge is 0.494 e. The number of methoxy groups -OCH3 is 1. The number of carbonyl (C=O) groups excluding carboxylic acids is 1. The molecule has 0 spiro atoms. The number of carbonyl (C=O) groups is 1. The summed E-state index contributed by atoms with van der Waals surface area (Å²) in [5, 5.41) is 0. The summed E-state index contributed by atoms with van der Waals surface area (Å²) in [6.45, 7) is 7.17. The maximum Gasteiger partial charge on any atom is 0.308 e. The van der Waals surface area contributed by atoms with E-state index in [2.05, 4.69) is 32.9 Å². The maximum atomic E-state index is 11.4. The van der Waals surface area contributed by atoms with Crippen LogP contribution in [0, 0.1) is 25.7 Å². The lowest BCUT2D eigenvalue weighted by Gasteiger charge is -2.13. The van der Waals surface area contributed by atoms with Crippen LogP contribution in [-0.2, 0) is 16.0 Å². The normalized spacial score (nSPS) is 20.2. The molecule has 0 aliphatic heterocycles. The topological polar surface area (TPSA) is 35.5 Å². The number of hydrogen-bond donors (Lipinski definition) is 0. The summed E-state index contributed by atoms with van der Waals surface area (Å²) in [6.07, 6.45) is 4.11. The zero-order chi connectivity index (χ0) is 15.4. The second-order valence-corrected chi connectivity index (χ2v) is 6.05. The van der Waals surface area contributed by atoms with Crippen LogP contribution in [0.25, 0.3) is 0 Å². The van der Waals surface area contributed by atoms with Crippen molar-refractivity contribution in [3.63, 3.8) is 0 Å². The highest BCUT2D eigenvalue weighted by atomic mass is 16.5. The summed E-state index contributed by atoms with van der Waals surface area (Å²) in [4.78, 5) is 11.4. The molecule has 1 saturated carbocycles. The molecule has 2 rings (SSSR count). The molecule has 1 aromatic carbocycles. The highest BCUT2D eigenvalue weighted by Crippen LogP contribution is 2.43. The van der Waals surface area contributed by atoms with E-state index in [1.807, 2.05) is 0 Å². The molecule has 21 heavy (non-hydrogen) atoms. The Morgan fingerprint density at radius 1 is 1.29 bits per heavy atom. The van der Waals surface area contributed by atoms with Gasteiger partial charge in [-0.2, -0.15) is 0 Å². The number of esters is 1. The first-order valence-electron chi connectivity index (χ1n) is 7.87. The molecule has 0 amide bonds. The molecule has 116 valence electrons. The van der Waals surface area contributed by atoms with Gasteiger partial charge in [-0.1, -0.05) is 6.92 Å².